The highest BCUT2D eigenvalue weighted by Gasteiger charge is 2.21. The molecule has 0 spiro atoms. The minimum atomic E-state index is -0.348. The van der Waals surface area contributed by atoms with Crippen molar-refractivity contribution in [1.29, 1.82) is 0 Å². The van der Waals surface area contributed by atoms with Gasteiger partial charge in [-0.3, -0.25) is 9.78 Å². The maximum Gasteiger partial charge on any atom is 0.274 e. The second-order valence-corrected chi connectivity index (χ2v) is 5.84. The van der Waals surface area contributed by atoms with Gasteiger partial charge in [0.25, 0.3) is 5.91 Å². The van der Waals surface area contributed by atoms with E-state index in [0.29, 0.717) is 5.76 Å². The quantitative estimate of drug-likeness (QED) is 0.778. The SMILES string of the molecule is CC(C)c1cc(C(=O)N[C@@H](c2ccccc2)c2ccccn2)no1. The summed E-state index contributed by atoms with van der Waals surface area (Å²) in [5, 5.41) is 6.86. The Balaban J connectivity index is 1.88. The molecule has 1 amide bonds. The lowest BCUT2D eigenvalue weighted by Crippen LogP contribution is -2.30. The topological polar surface area (TPSA) is 68.0 Å². The Morgan fingerprint density at radius 1 is 1.08 bits per heavy atom. The fourth-order valence-corrected chi connectivity index (χ4v) is 2.39. The molecule has 122 valence electrons. The molecule has 5 nitrogen and oxygen atoms in total. The lowest BCUT2D eigenvalue weighted by molar-refractivity contribution is 0.0933. The number of carbonyl (C=O) groups is 1. The Morgan fingerprint density at radius 3 is 2.46 bits per heavy atom. The van der Waals surface area contributed by atoms with Gasteiger partial charge in [0.2, 0.25) is 0 Å². The van der Waals surface area contributed by atoms with E-state index in [2.05, 4.69) is 15.5 Å². The maximum absolute atomic E-state index is 12.6. The van der Waals surface area contributed by atoms with Gasteiger partial charge in [-0.2, -0.15) is 0 Å². The molecular weight excluding hydrogens is 302 g/mol. The minimum Gasteiger partial charge on any atom is -0.360 e. The van der Waals surface area contributed by atoms with Crippen LogP contribution in [0.4, 0.5) is 0 Å². The summed E-state index contributed by atoms with van der Waals surface area (Å²) in [5.41, 5.74) is 2.00. The average molecular weight is 321 g/mol. The molecule has 2 heterocycles. The first-order valence-corrected chi connectivity index (χ1v) is 7.88. The number of amides is 1. The van der Waals surface area contributed by atoms with Gasteiger partial charge in [-0.25, -0.2) is 0 Å². The van der Waals surface area contributed by atoms with Crippen LogP contribution in [0.3, 0.4) is 0 Å². The monoisotopic (exact) mass is 321 g/mol. The highest BCUT2D eigenvalue weighted by Crippen LogP contribution is 2.21. The lowest BCUT2D eigenvalue weighted by Gasteiger charge is -2.18. The van der Waals surface area contributed by atoms with Gasteiger partial charge < -0.3 is 9.84 Å². The highest BCUT2D eigenvalue weighted by atomic mass is 16.5. The van der Waals surface area contributed by atoms with E-state index in [9.17, 15) is 4.79 Å². The van der Waals surface area contributed by atoms with Crippen LogP contribution in [0.15, 0.2) is 65.3 Å². The van der Waals surface area contributed by atoms with E-state index < -0.39 is 0 Å². The molecule has 2 aromatic heterocycles. The second-order valence-electron chi connectivity index (χ2n) is 5.84. The van der Waals surface area contributed by atoms with Gasteiger partial charge in [-0.05, 0) is 17.7 Å². The van der Waals surface area contributed by atoms with Gasteiger partial charge in [0.15, 0.2) is 5.69 Å². The number of pyridine rings is 1. The maximum atomic E-state index is 12.6. The standard InChI is InChI=1S/C19H19N3O2/c1-13(2)17-12-16(22-24-17)19(23)21-18(14-8-4-3-5-9-14)15-10-6-7-11-20-15/h3-13,18H,1-2H3,(H,21,23)/t18-/m0/s1. The average Bonchev–Trinajstić information content (AvgIpc) is 3.11. The summed E-state index contributed by atoms with van der Waals surface area (Å²) >= 11 is 0. The van der Waals surface area contributed by atoms with Gasteiger partial charge in [-0.1, -0.05) is 55.4 Å². The van der Waals surface area contributed by atoms with Crippen LogP contribution in [-0.2, 0) is 0 Å². The molecule has 0 saturated carbocycles. The zero-order valence-electron chi connectivity index (χ0n) is 13.6. The van der Waals surface area contributed by atoms with Gasteiger partial charge in [0.1, 0.15) is 5.76 Å². The summed E-state index contributed by atoms with van der Waals surface area (Å²) in [7, 11) is 0. The predicted octanol–water partition coefficient (Wildman–Crippen LogP) is 3.71. The molecule has 1 N–H and O–H groups in total. The molecule has 0 aliphatic heterocycles. The Kier molecular flexibility index (Phi) is 4.70. The first-order chi connectivity index (χ1) is 11.6. The van der Waals surface area contributed by atoms with E-state index in [1.807, 2.05) is 62.4 Å². The normalized spacial score (nSPS) is 12.1. The van der Waals surface area contributed by atoms with Crippen LogP contribution in [0.1, 0.15) is 53.3 Å². The van der Waals surface area contributed by atoms with E-state index in [4.69, 9.17) is 4.52 Å². The zero-order chi connectivity index (χ0) is 16.9. The second kappa shape index (κ2) is 7.08. The first-order valence-electron chi connectivity index (χ1n) is 7.88. The first kappa shape index (κ1) is 15.9. The van der Waals surface area contributed by atoms with Crippen LogP contribution in [0.2, 0.25) is 0 Å². The molecule has 0 unspecified atom stereocenters. The van der Waals surface area contributed by atoms with Crippen molar-refractivity contribution in [2.75, 3.05) is 0 Å². The van der Waals surface area contributed by atoms with Crippen molar-refractivity contribution in [3.8, 4) is 0 Å². The number of hydrogen-bond donors (Lipinski definition) is 1. The van der Waals surface area contributed by atoms with Crippen molar-refractivity contribution >= 4 is 5.91 Å². The van der Waals surface area contributed by atoms with Crippen LogP contribution >= 0.6 is 0 Å². The highest BCUT2D eigenvalue weighted by molar-refractivity contribution is 5.92. The Hall–Kier alpha value is -2.95. The van der Waals surface area contributed by atoms with E-state index in [0.717, 1.165) is 11.3 Å². The van der Waals surface area contributed by atoms with Gasteiger partial charge in [0, 0.05) is 18.2 Å². The van der Waals surface area contributed by atoms with E-state index in [1.54, 1.807) is 12.3 Å². The van der Waals surface area contributed by atoms with Crippen molar-refractivity contribution in [2.24, 2.45) is 0 Å². The van der Waals surface area contributed by atoms with E-state index in [1.165, 1.54) is 0 Å². The van der Waals surface area contributed by atoms with Gasteiger partial charge in [0.05, 0.1) is 11.7 Å². The molecule has 0 aliphatic carbocycles. The van der Waals surface area contributed by atoms with Crippen molar-refractivity contribution in [3.05, 3.63) is 83.5 Å². The summed E-state index contributed by atoms with van der Waals surface area (Å²) in [6.07, 6.45) is 1.71. The molecule has 3 rings (SSSR count). The van der Waals surface area contributed by atoms with Crippen molar-refractivity contribution in [1.82, 2.24) is 15.5 Å². The number of hydrogen-bond acceptors (Lipinski definition) is 4. The Labute approximate surface area is 140 Å². The fourth-order valence-electron chi connectivity index (χ4n) is 2.39. The molecule has 1 aromatic carbocycles. The number of benzene rings is 1. The third-order valence-corrected chi connectivity index (χ3v) is 3.72. The van der Waals surface area contributed by atoms with Crippen molar-refractivity contribution in [2.45, 2.75) is 25.8 Å². The molecule has 0 fully saturated rings. The van der Waals surface area contributed by atoms with Crippen molar-refractivity contribution in [3.63, 3.8) is 0 Å². The number of aromatic nitrogens is 2. The third-order valence-electron chi connectivity index (χ3n) is 3.72. The lowest BCUT2D eigenvalue weighted by atomic mass is 10.0. The molecule has 24 heavy (non-hydrogen) atoms. The van der Waals surface area contributed by atoms with E-state index >= 15 is 0 Å². The molecule has 1 atom stereocenters. The molecule has 5 heteroatoms. The third kappa shape index (κ3) is 3.51. The van der Waals surface area contributed by atoms with Crippen LogP contribution in [0, 0.1) is 0 Å². The molecule has 0 saturated heterocycles. The molecule has 0 aliphatic rings. The summed E-state index contributed by atoms with van der Waals surface area (Å²) in [6.45, 7) is 3.98. The van der Waals surface area contributed by atoms with Crippen LogP contribution in [0.5, 0.6) is 0 Å². The fraction of sp³-hybridized carbons (Fsp3) is 0.211. The molecule has 0 bridgehead atoms. The van der Waals surface area contributed by atoms with Gasteiger partial charge >= 0.3 is 0 Å². The smallest absolute Gasteiger partial charge is 0.274 e. The van der Waals surface area contributed by atoms with Crippen LogP contribution in [0.25, 0.3) is 0 Å². The van der Waals surface area contributed by atoms with Crippen molar-refractivity contribution < 1.29 is 9.32 Å². The number of rotatable bonds is 5. The number of nitrogens with one attached hydrogen (secondary N) is 1. The van der Waals surface area contributed by atoms with Crippen LogP contribution in [-0.4, -0.2) is 16.0 Å². The summed E-state index contributed by atoms with van der Waals surface area (Å²) in [5.74, 6) is 0.583. The minimum absolute atomic E-state index is 0.180. The molecular formula is C19H19N3O2. The summed E-state index contributed by atoms with van der Waals surface area (Å²) < 4.78 is 5.21. The zero-order valence-corrected chi connectivity index (χ0v) is 13.6. The summed E-state index contributed by atoms with van der Waals surface area (Å²) in [6, 6.07) is 16.7. The number of carbonyl (C=O) groups excluding carboxylic acids is 1. The Morgan fingerprint density at radius 2 is 1.83 bits per heavy atom. The van der Waals surface area contributed by atoms with Gasteiger partial charge in [-0.15, -0.1) is 0 Å². The number of nitrogens with zero attached hydrogens (tertiary/aromatic N) is 2. The Bertz CT molecular complexity index is 758. The van der Waals surface area contributed by atoms with E-state index in [-0.39, 0.29) is 23.6 Å². The van der Waals surface area contributed by atoms with Crippen LogP contribution < -0.4 is 5.32 Å². The molecule has 0 radical (unpaired) electrons. The predicted molar refractivity (Wildman–Crippen MR) is 90.6 cm³/mol. The molecule has 3 aromatic rings. The summed E-state index contributed by atoms with van der Waals surface area (Å²) in [4.78, 5) is 17.0. The largest absolute Gasteiger partial charge is 0.360 e.